The number of benzene rings is 2. The van der Waals surface area contributed by atoms with Crippen molar-refractivity contribution in [3.8, 4) is 11.1 Å². The molecule has 32 heavy (non-hydrogen) atoms. The van der Waals surface area contributed by atoms with Crippen LogP contribution in [0.2, 0.25) is 0 Å². The molecule has 166 valence electrons. The van der Waals surface area contributed by atoms with Crippen molar-refractivity contribution in [1.29, 1.82) is 0 Å². The molecule has 0 radical (unpaired) electrons. The van der Waals surface area contributed by atoms with Gasteiger partial charge in [-0.25, -0.2) is 4.39 Å². The molecule has 8 heteroatoms. The third-order valence-electron chi connectivity index (χ3n) is 6.60. The minimum absolute atomic E-state index is 0.00143. The molecule has 1 saturated heterocycles. The lowest BCUT2D eigenvalue weighted by atomic mass is 9.76. The Morgan fingerprint density at radius 1 is 1.09 bits per heavy atom. The van der Waals surface area contributed by atoms with Crippen LogP contribution < -0.4 is 10.6 Å². The van der Waals surface area contributed by atoms with E-state index in [4.69, 9.17) is 0 Å². The molecule has 0 atom stereocenters. The van der Waals surface area contributed by atoms with Crippen molar-refractivity contribution < 1.29 is 14.0 Å². The molecule has 1 saturated carbocycles. The number of carbonyl (C=O) groups excluding carboxylic acids is 2. The van der Waals surface area contributed by atoms with Gasteiger partial charge in [-0.3, -0.25) is 14.3 Å². The summed E-state index contributed by atoms with van der Waals surface area (Å²) < 4.78 is 16.8. The third kappa shape index (κ3) is 3.64. The molecule has 7 nitrogen and oxygen atoms in total. The van der Waals surface area contributed by atoms with Crippen LogP contribution >= 0.6 is 0 Å². The number of aromatic nitrogens is 2. The molecule has 3 aromatic rings. The van der Waals surface area contributed by atoms with Crippen LogP contribution in [-0.4, -0.2) is 58.2 Å². The fourth-order valence-electron chi connectivity index (χ4n) is 4.59. The molecule has 1 aliphatic carbocycles. The highest BCUT2D eigenvalue weighted by atomic mass is 19.1. The van der Waals surface area contributed by atoms with Crippen LogP contribution in [0.15, 0.2) is 42.6 Å². The van der Waals surface area contributed by atoms with E-state index in [0.717, 1.165) is 35.7 Å². The summed E-state index contributed by atoms with van der Waals surface area (Å²) in [5.41, 5.74) is 1.91. The van der Waals surface area contributed by atoms with Gasteiger partial charge in [-0.1, -0.05) is 18.2 Å². The fourth-order valence-corrected chi connectivity index (χ4v) is 4.59. The zero-order valence-corrected chi connectivity index (χ0v) is 18.0. The molecule has 2 heterocycles. The number of carbonyl (C=O) groups is 2. The summed E-state index contributed by atoms with van der Waals surface area (Å²) in [6.07, 6.45) is 4.57. The number of hydrogen-bond acceptors (Lipinski definition) is 4. The molecule has 0 unspecified atom stereocenters. The van der Waals surface area contributed by atoms with Crippen LogP contribution in [-0.2, 0) is 11.8 Å². The van der Waals surface area contributed by atoms with E-state index < -0.39 is 11.4 Å². The summed E-state index contributed by atoms with van der Waals surface area (Å²) in [4.78, 5) is 27.1. The van der Waals surface area contributed by atoms with Gasteiger partial charge in [-0.15, -0.1) is 0 Å². The summed E-state index contributed by atoms with van der Waals surface area (Å²) in [6, 6.07) is 10.5. The zero-order valence-electron chi connectivity index (χ0n) is 18.0. The quantitative estimate of drug-likeness (QED) is 0.648. The number of halogens is 1. The summed E-state index contributed by atoms with van der Waals surface area (Å²) in [6.45, 7) is 1.63. The summed E-state index contributed by atoms with van der Waals surface area (Å²) in [5.74, 6) is -0.922. The second-order valence-electron chi connectivity index (χ2n) is 8.68. The van der Waals surface area contributed by atoms with Crippen LogP contribution in [0.4, 0.5) is 4.39 Å². The number of aryl methyl sites for hydroxylation is 1. The molecule has 0 bridgehead atoms. The number of nitrogens with one attached hydrogen (secondary N) is 2. The highest BCUT2D eigenvalue weighted by Crippen LogP contribution is 2.32. The maximum Gasteiger partial charge on any atom is 0.256 e. The van der Waals surface area contributed by atoms with Gasteiger partial charge >= 0.3 is 0 Å². The highest BCUT2D eigenvalue weighted by Gasteiger charge is 2.43. The van der Waals surface area contributed by atoms with Gasteiger partial charge in [0.1, 0.15) is 5.82 Å². The van der Waals surface area contributed by atoms with E-state index in [1.807, 2.05) is 31.4 Å². The topological polar surface area (TPSA) is 79.3 Å². The van der Waals surface area contributed by atoms with Gasteiger partial charge in [0.2, 0.25) is 5.91 Å². The molecule has 5 rings (SSSR count). The molecule has 2 N–H and O–H groups in total. The van der Waals surface area contributed by atoms with E-state index in [0.29, 0.717) is 31.7 Å². The monoisotopic (exact) mass is 435 g/mol. The van der Waals surface area contributed by atoms with E-state index in [2.05, 4.69) is 15.7 Å². The van der Waals surface area contributed by atoms with E-state index in [1.165, 1.54) is 6.07 Å². The van der Waals surface area contributed by atoms with Crippen LogP contribution in [0.3, 0.4) is 0 Å². The number of nitrogens with zero attached hydrogens (tertiary/aromatic N) is 3. The molecular weight excluding hydrogens is 409 g/mol. The molecule has 2 aromatic carbocycles. The van der Waals surface area contributed by atoms with E-state index in [1.54, 1.807) is 21.7 Å². The minimum Gasteiger partial charge on any atom is -0.353 e. The smallest absolute Gasteiger partial charge is 0.256 e. The average Bonchev–Trinajstić information content (AvgIpc) is 3.15. The third-order valence-corrected chi connectivity index (χ3v) is 6.60. The SMILES string of the molecule is Cn1cc2ccc(-c3ccc(C(=O)N4CCNC(=O)C5(CCC5)NCC4)c(F)c3)cc2n1. The Hall–Kier alpha value is -3.26. The predicted octanol–water partition coefficient (Wildman–Crippen LogP) is 2.46. The van der Waals surface area contributed by atoms with Gasteiger partial charge in [0.25, 0.3) is 5.91 Å². The molecule has 2 aliphatic rings. The maximum atomic E-state index is 15.0. The Kier molecular flexibility index (Phi) is 5.17. The molecular formula is C24H26FN5O2. The van der Waals surface area contributed by atoms with Crippen LogP contribution in [0.5, 0.6) is 0 Å². The first-order valence-electron chi connectivity index (χ1n) is 11.0. The highest BCUT2D eigenvalue weighted by molar-refractivity contribution is 5.95. The first kappa shape index (κ1) is 20.6. The fraction of sp³-hybridized carbons (Fsp3) is 0.375. The summed E-state index contributed by atoms with van der Waals surface area (Å²) >= 11 is 0. The Morgan fingerprint density at radius 2 is 1.84 bits per heavy atom. The molecule has 1 spiro atoms. The number of hydrogen-bond donors (Lipinski definition) is 2. The van der Waals surface area contributed by atoms with Gasteiger partial charge < -0.3 is 15.5 Å². The standard InChI is InChI=1S/C24H26FN5O2/c1-29-15-18-4-3-17(14-21(18)28-29)16-5-6-19(20(25)13-16)22(31)30-11-9-26-23(32)24(7-2-8-24)27-10-12-30/h3-6,13-15,27H,2,7-12H2,1H3,(H,26,32). The van der Waals surface area contributed by atoms with Crippen LogP contribution in [0, 0.1) is 5.82 Å². The lowest BCUT2D eigenvalue weighted by Gasteiger charge is -2.40. The molecule has 1 aromatic heterocycles. The van der Waals surface area contributed by atoms with E-state index >= 15 is 4.39 Å². The maximum absolute atomic E-state index is 15.0. The first-order valence-corrected chi connectivity index (χ1v) is 11.0. The Balaban J connectivity index is 1.34. The van der Waals surface area contributed by atoms with Gasteiger partial charge in [0.15, 0.2) is 0 Å². The number of amides is 2. The van der Waals surface area contributed by atoms with Gasteiger partial charge in [0, 0.05) is 44.8 Å². The van der Waals surface area contributed by atoms with Crippen molar-refractivity contribution in [2.75, 3.05) is 26.2 Å². The molecule has 1 aliphatic heterocycles. The van der Waals surface area contributed by atoms with Crippen molar-refractivity contribution in [3.63, 3.8) is 0 Å². The van der Waals surface area contributed by atoms with Crippen molar-refractivity contribution >= 4 is 22.7 Å². The molecule has 2 amide bonds. The summed E-state index contributed by atoms with van der Waals surface area (Å²) in [5, 5.41) is 11.7. The zero-order chi connectivity index (χ0) is 22.3. The Bertz CT molecular complexity index is 1200. The Labute approximate surface area is 185 Å². The van der Waals surface area contributed by atoms with Gasteiger partial charge in [-0.2, -0.15) is 5.10 Å². The van der Waals surface area contributed by atoms with Gasteiger partial charge in [0.05, 0.1) is 16.6 Å². The van der Waals surface area contributed by atoms with Crippen molar-refractivity contribution in [3.05, 3.63) is 54.0 Å². The average molecular weight is 436 g/mol. The van der Waals surface area contributed by atoms with Gasteiger partial charge in [-0.05, 0) is 48.6 Å². The van der Waals surface area contributed by atoms with E-state index in [9.17, 15) is 9.59 Å². The molecule has 2 fully saturated rings. The lowest BCUT2D eigenvalue weighted by molar-refractivity contribution is -0.130. The largest absolute Gasteiger partial charge is 0.353 e. The first-order chi connectivity index (χ1) is 15.4. The van der Waals surface area contributed by atoms with Crippen LogP contribution in [0.25, 0.3) is 22.0 Å². The van der Waals surface area contributed by atoms with Crippen LogP contribution in [0.1, 0.15) is 29.6 Å². The summed E-state index contributed by atoms with van der Waals surface area (Å²) in [7, 11) is 1.86. The number of fused-ring (bicyclic) bond motifs is 1. The number of rotatable bonds is 2. The second-order valence-corrected chi connectivity index (χ2v) is 8.68. The Morgan fingerprint density at radius 3 is 2.59 bits per heavy atom. The minimum atomic E-state index is -0.555. The van der Waals surface area contributed by atoms with E-state index in [-0.39, 0.29) is 17.4 Å². The lowest BCUT2D eigenvalue weighted by Crippen LogP contribution is -2.61. The van der Waals surface area contributed by atoms with Crippen molar-refractivity contribution in [2.45, 2.75) is 24.8 Å². The second kappa shape index (κ2) is 8.02. The predicted molar refractivity (Wildman–Crippen MR) is 120 cm³/mol. The normalized spacial score (nSPS) is 18.6. The van der Waals surface area contributed by atoms with Crippen molar-refractivity contribution in [1.82, 2.24) is 25.3 Å². The van der Waals surface area contributed by atoms with Crippen molar-refractivity contribution in [2.24, 2.45) is 7.05 Å².